The maximum atomic E-state index is 13.6. The zero-order valence-corrected chi connectivity index (χ0v) is 25.1. The van der Waals surface area contributed by atoms with Crippen LogP contribution in [0.15, 0.2) is 101 Å². The molecule has 0 unspecified atom stereocenters. The van der Waals surface area contributed by atoms with Crippen molar-refractivity contribution in [3.63, 3.8) is 0 Å². The van der Waals surface area contributed by atoms with Crippen LogP contribution < -0.4 is 10.4 Å². The summed E-state index contributed by atoms with van der Waals surface area (Å²) in [5, 5.41) is 2.23. The Morgan fingerprint density at radius 1 is 0.951 bits per heavy atom. The van der Waals surface area contributed by atoms with Crippen molar-refractivity contribution in [3.05, 3.63) is 102 Å². The van der Waals surface area contributed by atoms with Gasteiger partial charge in [0.25, 0.3) is 8.32 Å². The monoisotopic (exact) mass is 568 g/mol. The fourth-order valence-electron chi connectivity index (χ4n) is 6.92. The standard InChI is InChI=1S/C34H36O6Si/c1-32(2,3)41(26-11-7-5-8-12-26,27-13-9-6-10-14-27)39-20-17-24-21-29(25-16-19-37-22-25)40-34-23-38-31(36)33(34,4)18-15-28(35)30(24)34/h5-14,16,19,21-22H,15,17-18,20,23H2,1-4H3/t33-,34+/m0/s1. The Morgan fingerprint density at radius 3 is 2.20 bits per heavy atom. The predicted octanol–water partition coefficient (Wildman–Crippen LogP) is 5.58. The van der Waals surface area contributed by atoms with Crippen LogP contribution in [0.1, 0.15) is 52.5 Å². The van der Waals surface area contributed by atoms with E-state index in [-0.39, 0.29) is 29.8 Å². The third-order valence-corrected chi connectivity index (χ3v) is 14.1. The van der Waals surface area contributed by atoms with Crippen LogP contribution in [0.5, 0.6) is 0 Å². The lowest BCUT2D eigenvalue weighted by Gasteiger charge is -2.47. The van der Waals surface area contributed by atoms with Crippen molar-refractivity contribution >= 4 is 36.2 Å². The average molecular weight is 569 g/mol. The molecule has 0 amide bonds. The molecule has 3 heterocycles. The molecule has 212 valence electrons. The second kappa shape index (κ2) is 10.00. The first-order valence-corrected chi connectivity index (χ1v) is 16.2. The molecule has 6 rings (SSSR count). The van der Waals surface area contributed by atoms with E-state index < -0.39 is 19.3 Å². The molecule has 41 heavy (non-hydrogen) atoms. The van der Waals surface area contributed by atoms with Crippen LogP contribution in [-0.4, -0.2) is 38.9 Å². The van der Waals surface area contributed by atoms with Gasteiger partial charge in [0, 0.05) is 18.6 Å². The van der Waals surface area contributed by atoms with E-state index in [1.165, 1.54) is 10.4 Å². The fourth-order valence-corrected chi connectivity index (χ4v) is 11.5. The molecule has 3 aliphatic rings. The van der Waals surface area contributed by atoms with Gasteiger partial charge in [0.2, 0.25) is 0 Å². The molecule has 0 N–H and O–H groups in total. The molecule has 6 nitrogen and oxygen atoms in total. The molecule has 1 aromatic heterocycles. The Hall–Kier alpha value is -3.68. The van der Waals surface area contributed by atoms with Gasteiger partial charge in [-0.1, -0.05) is 81.4 Å². The average Bonchev–Trinajstić information content (AvgIpc) is 3.59. The van der Waals surface area contributed by atoms with Gasteiger partial charge in [-0.2, -0.15) is 0 Å². The molecule has 1 saturated heterocycles. The van der Waals surface area contributed by atoms with Crippen molar-refractivity contribution in [3.8, 4) is 0 Å². The highest BCUT2D eigenvalue weighted by molar-refractivity contribution is 6.99. The number of rotatable bonds is 7. The number of ketones is 1. The lowest BCUT2D eigenvalue weighted by atomic mass is 9.61. The van der Waals surface area contributed by atoms with Crippen LogP contribution in [0.3, 0.4) is 0 Å². The van der Waals surface area contributed by atoms with Crippen molar-refractivity contribution in [2.75, 3.05) is 13.2 Å². The molecular formula is C34H36O6Si. The van der Waals surface area contributed by atoms with E-state index >= 15 is 0 Å². The lowest BCUT2D eigenvalue weighted by molar-refractivity contribution is -0.149. The molecule has 3 aromatic rings. The fraction of sp³-hybridized carbons (Fsp3) is 0.353. The number of benzene rings is 2. The molecule has 2 aromatic carbocycles. The van der Waals surface area contributed by atoms with E-state index in [9.17, 15) is 9.59 Å². The smallest absolute Gasteiger partial charge is 0.316 e. The summed E-state index contributed by atoms with van der Waals surface area (Å²) in [6.45, 7) is 9.02. The SMILES string of the molecule is CC(C)(C)[Si](OCCC1=C2C(=O)CC[C@@]3(C)C(=O)OC[C@@]23OC(c2ccoc2)=C1)(c1ccccc1)c1ccccc1. The Morgan fingerprint density at radius 2 is 1.61 bits per heavy atom. The summed E-state index contributed by atoms with van der Waals surface area (Å²) in [4.78, 5) is 26.7. The molecule has 0 bridgehead atoms. The van der Waals surface area contributed by atoms with Crippen LogP contribution in [0.4, 0.5) is 0 Å². The molecular weight excluding hydrogens is 532 g/mol. The van der Waals surface area contributed by atoms with Crippen molar-refractivity contribution in [1.29, 1.82) is 0 Å². The van der Waals surface area contributed by atoms with Crippen molar-refractivity contribution in [2.45, 2.75) is 57.6 Å². The lowest BCUT2D eigenvalue weighted by Crippen LogP contribution is -2.66. The van der Waals surface area contributed by atoms with Gasteiger partial charge in [0.15, 0.2) is 11.4 Å². The number of esters is 1. The predicted molar refractivity (Wildman–Crippen MR) is 159 cm³/mol. The minimum atomic E-state index is -2.77. The molecule has 1 aliphatic carbocycles. The van der Waals surface area contributed by atoms with E-state index in [2.05, 4.69) is 69.3 Å². The quantitative estimate of drug-likeness (QED) is 0.274. The second-order valence-corrected chi connectivity index (χ2v) is 16.7. The maximum Gasteiger partial charge on any atom is 0.316 e. The number of cyclic esters (lactones) is 1. The van der Waals surface area contributed by atoms with Crippen LogP contribution in [0, 0.1) is 5.41 Å². The van der Waals surface area contributed by atoms with Gasteiger partial charge in [-0.25, -0.2) is 0 Å². The largest absolute Gasteiger partial charge is 0.477 e. The van der Waals surface area contributed by atoms with E-state index in [1.807, 2.05) is 31.2 Å². The second-order valence-electron chi connectivity index (χ2n) is 12.4. The van der Waals surface area contributed by atoms with Crippen molar-refractivity contribution in [1.82, 2.24) is 0 Å². The third-order valence-electron chi connectivity index (χ3n) is 9.11. The molecule has 1 spiro atoms. The summed E-state index contributed by atoms with van der Waals surface area (Å²) in [6, 6.07) is 22.8. The molecule has 0 radical (unpaired) electrons. The van der Waals surface area contributed by atoms with Gasteiger partial charge in [0.1, 0.15) is 24.0 Å². The van der Waals surface area contributed by atoms with Gasteiger partial charge in [0.05, 0.1) is 11.8 Å². The van der Waals surface area contributed by atoms with Crippen LogP contribution in [0.2, 0.25) is 5.04 Å². The van der Waals surface area contributed by atoms with Gasteiger partial charge in [-0.05, 0) is 52.9 Å². The van der Waals surface area contributed by atoms with Gasteiger partial charge < -0.3 is 18.3 Å². The molecule has 1 saturated carbocycles. The number of carbonyl (C=O) groups is 2. The molecule has 2 atom stereocenters. The summed E-state index contributed by atoms with van der Waals surface area (Å²) in [7, 11) is -2.77. The Balaban J connectivity index is 1.44. The van der Waals surface area contributed by atoms with E-state index in [1.54, 1.807) is 12.5 Å². The Kier molecular flexibility index (Phi) is 6.70. The minimum Gasteiger partial charge on any atom is -0.477 e. The minimum absolute atomic E-state index is 0.00344. The van der Waals surface area contributed by atoms with Crippen LogP contribution in [0.25, 0.3) is 5.76 Å². The van der Waals surface area contributed by atoms with Gasteiger partial charge in [-0.3, -0.25) is 9.59 Å². The number of hydrogen-bond donors (Lipinski definition) is 0. The first kappa shape index (κ1) is 27.5. The highest BCUT2D eigenvalue weighted by Crippen LogP contribution is 2.57. The van der Waals surface area contributed by atoms with Crippen molar-refractivity contribution < 1.29 is 27.9 Å². The first-order chi connectivity index (χ1) is 19.6. The summed E-state index contributed by atoms with van der Waals surface area (Å²) in [6.07, 6.45) is 6.28. The van der Waals surface area contributed by atoms with Crippen molar-refractivity contribution in [2.24, 2.45) is 5.41 Å². The number of carbonyl (C=O) groups excluding carboxylic acids is 2. The van der Waals surface area contributed by atoms with Gasteiger partial charge >= 0.3 is 5.97 Å². The summed E-state index contributed by atoms with van der Waals surface area (Å²) in [5.74, 6) is 0.254. The van der Waals surface area contributed by atoms with E-state index in [4.69, 9.17) is 18.3 Å². The Labute approximate surface area is 242 Å². The normalized spacial score (nSPS) is 24.3. The molecule has 2 fully saturated rings. The molecule has 7 heteroatoms. The zero-order valence-electron chi connectivity index (χ0n) is 24.1. The van der Waals surface area contributed by atoms with Gasteiger partial charge in [-0.15, -0.1) is 0 Å². The number of hydrogen-bond acceptors (Lipinski definition) is 6. The third kappa shape index (κ3) is 4.17. The maximum absolute atomic E-state index is 13.6. The molecule has 2 aliphatic heterocycles. The van der Waals surface area contributed by atoms with E-state index in [0.29, 0.717) is 30.8 Å². The topological polar surface area (TPSA) is 75.0 Å². The summed E-state index contributed by atoms with van der Waals surface area (Å²) >= 11 is 0. The van der Waals surface area contributed by atoms with Crippen LogP contribution in [-0.2, 0) is 23.5 Å². The Bertz CT molecular complexity index is 1480. The van der Waals surface area contributed by atoms with Crippen LogP contribution >= 0.6 is 0 Å². The number of ether oxygens (including phenoxy) is 2. The highest BCUT2D eigenvalue weighted by Gasteiger charge is 2.68. The number of Topliss-reactive ketones (excluding diaryl/α,β-unsaturated/α-hetero) is 1. The highest BCUT2D eigenvalue weighted by atomic mass is 28.4. The summed E-state index contributed by atoms with van der Waals surface area (Å²) in [5.41, 5.74) is 0.00967. The number of furan rings is 1. The first-order valence-electron chi connectivity index (χ1n) is 14.2. The summed E-state index contributed by atoms with van der Waals surface area (Å²) < 4.78 is 24.8. The van der Waals surface area contributed by atoms with E-state index in [0.717, 1.165) is 11.1 Å². The zero-order chi connectivity index (χ0) is 28.9. The number of allylic oxidation sites excluding steroid dienone is 1.